The lowest BCUT2D eigenvalue weighted by atomic mass is 10.2. The zero-order chi connectivity index (χ0) is 15.8. The van der Waals surface area contributed by atoms with Gasteiger partial charge in [-0.05, 0) is 26.0 Å². The second-order valence-corrected chi connectivity index (χ2v) is 4.39. The van der Waals surface area contributed by atoms with Crippen molar-refractivity contribution in [1.29, 1.82) is 0 Å². The van der Waals surface area contributed by atoms with E-state index in [9.17, 15) is 10.4 Å². The minimum Gasteiger partial charge on any atom is -0.595 e. The fourth-order valence-corrected chi connectivity index (χ4v) is 1.40. The molecule has 0 aliphatic carbocycles. The van der Waals surface area contributed by atoms with Crippen LogP contribution < -0.4 is 15.9 Å². The van der Waals surface area contributed by atoms with Crippen molar-refractivity contribution in [2.24, 2.45) is 5.10 Å². The van der Waals surface area contributed by atoms with Crippen molar-refractivity contribution < 1.29 is 20.9 Å². The first-order valence-corrected chi connectivity index (χ1v) is 6.11. The van der Waals surface area contributed by atoms with Crippen LogP contribution in [-0.2, 0) is 0 Å². The van der Waals surface area contributed by atoms with Crippen LogP contribution in [0.1, 0.15) is 13.8 Å². The van der Waals surface area contributed by atoms with Gasteiger partial charge in [-0.1, -0.05) is 17.7 Å². The largest absolute Gasteiger partial charge is 0.595 e. The smallest absolute Gasteiger partial charge is 0.195 e. The van der Waals surface area contributed by atoms with Crippen molar-refractivity contribution in [2.75, 3.05) is 5.43 Å². The van der Waals surface area contributed by atoms with Crippen LogP contribution in [0, 0.1) is 10.4 Å². The highest BCUT2D eigenvalue weighted by Gasteiger charge is 2.12. The summed E-state index contributed by atoms with van der Waals surface area (Å²) in [5, 5.41) is 41.3. The van der Waals surface area contributed by atoms with Crippen LogP contribution in [0.25, 0.3) is 0 Å². The third kappa shape index (κ3) is 5.83. The van der Waals surface area contributed by atoms with E-state index >= 15 is 0 Å². The predicted octanol–water partition coefficient (Wildman–Crippen LogP) is 0.414. The van der Waals surface area contributed by atoms with Crippen LogP contribution in [-0.4, -0.2) is 16.6 Å². The summed E-state index contributed by atoms with van der Waals surface area (Å²) in [6.07, 6.45) is 6.85. The molecule has 0 saturated heterocycles. The van der Waals surface area contributed by atoms with E-state index in [0.29, 0.717) is 0 Å². The van der Waals surface area contributed by atoms with E-state index in [1.54, 1.807) is 12.2 Å². The molecule has 0 heterocycles. The van der Waals surface area contributed by atoms with Gasteiger partial charge in [0, 0.05) is 12.3 Å². The van der Waals surface area contributed by atoms with Crippen LogP contribution in [0.15, 0.2) is 47.1 Å². The number of benzene rings is 1. The number of hydrogen-bond acceptors (Lipinski definition) is 6. The van der Waals surface area contributed by atoms with Crippen molar-refractivity contribution >= 4 is 23.3 Å². The summed E-state index contributed by atoms with van der Waals surface area (Å²) in [5.74, 6) is 0. The Hall–Kier alpha value is -2.07. The van der Waals surface area contributed by atoms with E-state index in [1.165, 1.54) is 18.3 Å². The molecular weight excluding hydrogens is 276 g/mol. The molecule has 0 aliphatic heterocycles. The van der Waals surface area contributed by atoms with E-state index < -0.39 is 10.5 Å². The minimum absolute atomic E-state index is 0.0922. The van der Waals surface area contributed by atoms with Crippen LogP contribution in [0.5, 0.6) is 0 Å². The number of nitrogens with one attached hydrogen (secondary N) is 3. The maximum absolute atomic E-state index is 11.1. The summed E-state index contributed by atoms with van der Waals surface area (Å²) < 4.78 is 0. The second kappa shape index (κ2) is 8.27. The molecular formula is C13H18N4O4. The van der Waals surface area contributed by atoms with Gasteiger partial charge in [-0.3, -0.25) is 5.43 Å². The molecule has 0 radical (unpaired) electrons. The molecule has 0 fully saturated rings. The van der Waals surface area contributed by atoms with E-state index in [4.69, 9.17) is 10.4 Å². The molecule has 1 rings (SSSR count). The Kier molecular flexibility index (Phi) is 6.69. The molecule has 2 unspecified atom stereocenters. The highest BCUT2D eigenvalue weighted by molar-refractivity contribution is 5.73. The van der Waals surface area contributed by atoms with Gasteiger partial charge in [-0.2, -0.15) is 15.6 Å². The molecule has 0 saturated carbocycles. The molecule has 5 N–H and O–H groups in total. The Morgan fingerprint density at radius 2 is 1.90 bits per heavy atom. The Morgan fingerprint density at radius 1 is 1.19 bits per heavy atom. The zero-order valence-corrected chi connectivity index (χ0v) is 11.7. The molecule has 0 aliphatic rings. The molecule has 8 nitrogen and oxygen atoms in total. The predicted molar refractivity (Wildman–Crippen MR) is 78.7 cm³/mol. The lowest BCUT2D eigenvalue weighted by Crippen LogP contribution is -3.00. The lowest BCUT2D eigenvalue weighted by molar-refractivity contribution is -0.996. The van der Waals surface area contributed by atoms with Gasteiger partial charge in [0.25, 0.3) is 0 Å². The normalized spacial score (nSPS) is 14.4. The number of rotatable bonds is 6. The Balaban J connectivity index is 2.81. The Labute approximate surface area is 122 Å². The fraction of sp³-hybridized carbons (Fsp3) is 0.154. The summed E-state index contributed by atoms with van der Waals surface area (Å²) in [6.45, 7) is 3.92. The molecule has 2 atom stereocenters. The third-order valence-corrected chi connectivity index (χ3v) is 2.38. The Morgan fingerprint density at radius 3 is 2.48 bits per heavy atom. The third-order valence-electron chi connectivity index (χ3n) is 2.38. The van der Waals surface area contributed by atoms with Crippen LogP contribution in [0.4, 0.5) is 17.1 Å². The van der Waals surface area contributed by atoms with Gasteiger partial charge in [0.05, 0.1) is 6.07 Å². The number of hydrogen-bond donors (Lipinski definition) is 5. The SMILES string of the molecule is CC(C)=CC=CC=NNc1ccc([NH+]([O-])O)cc1[NH+]([O-])O. The van der Waals surface area contributed by atoms with Gasteiger partial charge in [-0.25, -0.2) is 10.4 Å². The molecule has 21 heavy (non-hydrogen) atoms. The van der Waals surface area contributed by atoms with Crippen molar-refractivity contribution in [1.82, 2.24) is 0 Å². The highest BCUT2D eigenvalue weighted by Crippen LogP contribution is 2.20. The summed E-state index contributed by atoms with van der Waals surface area (Å²) in [4.78, 5) is 0. The fourth-order valence-electron chi connectivity index (χ4n) is 1.40. The first kappa shape index (κ1) is 17.0. The topological polar surface area (TPSA) is 120 Å². The molecule has 1 aromatic rings. The molecule has 0 spiro atoms. The molecule has 0 bridgehead atoms. The highest BCUT2D eigenvalue weighted by atomic mass is 16.8. The standard InChI is InChI=1S/C13H18N4O4/c1-10(2)5-3-4-8-14-15-12-7-6-11(16(18)19)9-13(12)17(20)21/h3-9,15-18,20H,1-2H3. The van der Waals surface area contributed by atoms with Gasteiger partial charge >= 0.3 is 0 Å². The van der Waals surface area contributed by atoms with E-state index in [1.807, 2.05) is 19.9 Å². The van der Waals surface area contributed by atoms with Crippen molar-refractivity contribution in [3.63, 3.8) is 0 Å². The van der Waals surface area contributed by atoms with E-state index in [0.717, 1.165) is 11.6 Å². The maximum Gasteiger partial charge on any atom is 0.195 e. The van der Waals surface area contributed by atoms with Gasteiger partial charge in [0.15, 0.2) is 11.4 Å². The van der Waals surface area contributed by atoms with E-state index in [2.05, 4.69) is 10.5 Å². The summed E-state index contributed by atoms with van der Waals surface area (Å²) in [6, 6.07) is 3.76. The van der Waals surface area contributed by atoms with Gasteiger partial charge in [0.2, 0.25) is 0 Å². The first-order chi connectivity index (χ1) is 9.91. The van der Waals surface area contributed by atoms with Crippen LogP contribution in [0.2, 0.25) is 0 Å². The summed E-state index contributed by atoms with van der Waals surface area (Å²) >= 11 is 0. The van der Waals surface area contributed by atoms with Gasteiger partial charge in [-0.15, -0.1) is 0 Å². The first-order valence-electron chi connectivity index (χ1n) is 6.11. The van der Waals surface area contributed by atoms with Crippen molar-refractivity contribution in [2.45, 2.75) is 13.8 Å². The van der Waals surface area contributed by atoms with Crippen LogP contribution >= 0.6 is 0 Å². The number of nitrogens with zero attached hydrogens (tertiary/aromatic N) is 1. The average molecular weight is 294 g/mol. The summed E-state index contributed by atoms with van der Waals surface area (Å²) in [7, 11) is 0. The minimum atomic E-state index is -1.23. The average Bonchev–Trinajstić information content (AvgIpc) is 2.42. The number of hydrazone groups is 1. The number of quaternary nitrogens is 2. The van der Waals surface area contributed by atoms with E-state index in [-0.39, 0.29) is 17.1 Å². The summed E-state index contributed by atoms with van der Waals surface area (Å²) in [5.41, 5.74) is 3.69. The van der Waals surface area contributed by atoms with Crippen molar-refractivity contribution in [3.8, 4) is 0 Å². The molecule has 0 aromatic heterocycles. The van der Waals surface area contributed by atoms with Crippen LogP contribution in [0.3, 0.4) is 0 Å². The molecule has 114 valence electrons. The molecule has 8 heteroatoms. The zero-order valence-electron chi connectivity index (χ0n) is 11.7. The number of allylic oxidation sites excluding steroid dienone is 4. The second-order valence-electron chi connectivity index (χ2n) is 4.39. The Bertz CT molecular complexity index is 549. The van der Waals surface area contributed by atoms with Gasteiger partial charge < -0.3 is 10.4 Å². The number of anilines is 1. The monoisotopic (exact) mass is 294 g/mol. The molecule has 0 amide bonds. The molecule has 1 aromatic carbocycles. The maximum atomic E-state index is 11.1. The quantitative estimate of drug-likeness (QED) is 0.296. The van der Waals surface area contributed by atoms with Gasteiger partial charge in [0.1, 0.15) is 5.69 Å². The lowest BCUT2D eigenvalue weighted by Gasteiger charge is -2.17. The van der Waals surface area contributed by atoms with Crippen molar-refractivity contribution in [3.05, 3.63) is 52.4 Å².